The van der Waals surface area contributed by atoms with Gasteiger partial charge in [-0.3, -0.25) is 0 Å². The molecule has 1 aromatic rings. The third-order valence-corrected chi connectivity index (χ3v) is 3.27. The molecule has 0 saturated carbocycles. The van der Waals surface area contributed by atoms with Crippen molar-refractivity contribution in [1.82, 2.24) is 5.32 Å². The fraction of sp³-hybridized carbons (Fsp3) is 0.500. The lowest BCUT2D eigenvalue weighted by Crippen LogP contribution is -2.21. The summed E-state index contributed by atoms with van der Waals surface area (Å²) >= 11 is 3.52. The molecule has 1 aromatic carbocycles. The van der Waals surface area contributed by atoms with Gasteiger partial charge in [0.15, 0.2) is 0 Å². The Hall–Kier alpha value is -0.540. The average molecular weight is 271 g/mol. The number of rotatable bonds is 4. The van der Waals surface area contributed by atoms with Gasteiger partial charge in [0.25, 0.3) is 0 Å². The molecule has 15 heavy (non-hydrogen) atoms. The largest absolute Gasteiger partial charge is 0.375 e. The Bertz CT molecular complexity index is 325. The summed E-state index contributed by atoms with van der Waals surface area (Å²) in [6, 6.07) is 6.82. The van der Waals surface area contributed by atoms with Crippen LogP contribution in [-0.4, -0.2) is 20.6 Å². The van der Waals surface area contributed by atoms with Crippen LogP contribution in [-0.2, 0) is 0 Å². The summed E-state index contributed by atoms with van der Waals surface area (Å²) in [6.45, 7) is 5.35. The summed E-state index contributed by atoms with van der Waals surface area (Å²) in [5.74, 6) is 0. The van der Waals surface area contributed by atoms with Gasteiger partial charge in [0.1, 0.15) is 0 Å². The maximum absolute atomic E-state index is 3.52. The van der Waals surface area contributed by atoms with Crippen molar-refractivity contribution in [3.05, 3.63) is 28.2 Å². The van der Waals surface area contributed by atoms with Crippen LogP contribution in [0, 0.1) is 0 Å². The van der Waals surface area contributed by atoms with Gasteiger partial charge in [-0.1, -0.05) is 22.0 Å². The molecule has 1 atom stereocenters. The number of nitrogens with zero attached hydrogens (tertiary/aromatic N) is 1. The fourth-order valence-corrected chi connectivity index (χ4v) is 1.89. The van der Waals surface area contributed by atoms with Crippen molar-refractivity contribution in [1.29, 1.82) is 0 Å². The molecule has 0 bridgehead atoms. The molecular weight excluding hydrogens is 252 g/mol. The predicted octanol–water partition coefficient (Wildman–Crippen LogP) is 3.19. The minimum absolute atomic E-state index is 0.377. The van der Waals surface area contributed by atoms with E-state index in [0.29, 0.717) is 6.04 Å². The first-order chi connectivity index (χ1) is 7.10. The normalized spacial score (nSPS) is 12.6. The van der Waals surface area contributed by atoms with Gasteiger partial charge in [-0.2, -0.15) is 0 Å². The second-order valence-electron chi connectivity index (χ2n) is 3.73. The molecular formula is C12H19BrN2. The lowest BCUT2D eigenvalue weighted by atomic mass is 10.1. The summed E-state index contributed by atoms with van der Waals surface area (Å²) in [7, 11) is 4.11. The molecule has 1 rings (SSSR count). The van der Waals surface area contributed by atoms with Crippen molar-refractivity contribution < 1.29 is 0 Å². The van der Waals surface area contributed by atoms with Crippen LogP contribution in [0.2, 0.25) is 0 Å². The van der Waals surface area contributed by atoms with Gasteiger partial charge >= 0.3 is 0 Å². The second kappa shape index (κ2) is 5.52. The van der Waals surface area contributed by atoms with Gasteiger partial charge < -0.3 is 10.2 Å². The van der Waals surface area contributed by atoms with Crippen LogP contribution in [0.4, 0.5) is 5.69 Å². The van der Waals surface area contributed by atoms with E-state index in [1.54, 1.807) is 0 Å². The highest BCUT2D eigenvalue weighted by Gasteiger charge is 2.11. The van der Waals surface area contributed by atoms with E-state index in [-0.39, 0.29) is 0 Å². The molecule has 0 aliphatic rings. The standard InChI is InChI=1S/C12H19BrN2/c1-5-15(4)12-8-10(13)6-7-11(12)9(2)14-3/h6-9,14H,5H2,1-4H3. The first-order valence-corrected chi connectivity index (χ1v) is 6.07. The van der Waals surface area contributed by atoms with Crippen molar-refractivity contribution in [3.63, 3.8) is 0 Å². The number of anilines is 1. The molecule has 0 heterocycles. The van der Waals surface area contributed by atoms with Crippen LogP contribution in [0.5, 0.6) is 0 Å². The Morgan fingerprint density at radius 3 is 2.67 bits per heavy atom. The summed E-state index contributed by atoms with van der Waals surface area (Å²) in [4.78, 5) is 2.26. The average Bonchev–Trinajstić information content (AvgIpc) is 2.26. The van der Waals surface area contributed by atoms with Gasteiger partial charge in [0, 0.05) is 29.8 Å². The molecule has 0 fully saturated rings. The number of hydrogen-bond donors (Lipinski definition) is 1. The Balaban J connectivity index is 3.14. The van der Waals surface area contributed by atoms with E-state index in [9.17, 15) is 0 Å². The molecule has 84 valence electrons. The van der Waals surface area contributed by atoms with Crippen LogP contribution in [0.25, 0.3) is 0 Å². The van der Waals surface area contributed by atoms with Crippen LogP contribution >= 0.6 is 15.9 Å². The SMILES string of the molecule is CCN(C)c1cc(Br)ccc1C(C)NC. The number of hydrogen-bond acceptors (Lipinski definition) is 2. The molecule has 2 nitrogen and oxygen atoms in total. The molecule has 1 N–H and O–H groups in total. The summed E-state index contributed by atoms with van der Waals surface area (Å²) in [5.41, 5.74) is 2.62. The second-order valence-corrected chi connectivity index (χ2v) is 4.64. The Kier molecular flexibility index (Phi) is 4.61. The van der Waals surface area contributed by atoms with E-state index in [1.165, 1.54) is 11.3 Å². The molecule has 0 radical (unpaired) electrons. The van der Waals surface area contributed by atoms with E-state index in [4.69, 9.17) is 0 Å². The highest BCUT2D eigenvalue weighted by molar-refractivity contribution is 9.10. The zero-order valence-electron chi connectivity index (χ0n) is 9.84. The van der Waals surface area contributed by atoms with Crippen LogP contribution < -0.4 is 10.2 Å². The van der Waals surface area contributed by atoms with Gasteiger partial charge in [-0.15, -0.1) is 0 Å². The molecule has 0 aromatic heterocycles. The van der Waals surface area contributed by atoms with E-state index in [2.05, 4.69) is 65.2 Å². The minimum atomic E-state index is 0.377. The Labute approximate surface area is 101 Å². The zero-order chi connectivity index (χ0) is 11.4. The number of nitrogens with one attached hydrogen (secondary N) is 1. The van der Waals surface area contributed by atoms with Crippen LogP contribution in [0.1, 0.15) is 25.5 Å². The van der Waals surface area contributed by atoms with Gasteiger partial charge in [-0.25, -0.2) is 0 Å². The van der Waals surface area contributed by atoms with Crippen LogP contribution in [0.3, 0.4) is 0 Å². The van der Waals surface area contributed by atoms with Crippen molar-refractivity contribution in [2.24, 2.45) is 0 Å². The lowest BCUT2D eigenvalue weighted by Gasteiger charge is -2.24. The summed E-state index contributed by atoms with van der Waals surface area (Å²) < 4.78 is 1.13. The van der Waals surface area contributed by atoms with Gasteiger partial charge in [0.2, 0.25) is 0 Å². The van der Waals surface area contributed by atoms with E-state index < -0.39 is 0 Å². The van der Waals surface area contributed by atoms with Gasteiger partial charge in [0.05, 0.1) is 0 Å². The van der Waals surface area contributed by atoms with E-state index in [1.807, 2.05) is 7.05 Å². The maximum atomic E-state index is 3.52. The first kappa shape index (κ1) is 12.5. The van der Waals surface area contributed by atoms with Crippen LogP contribution in [0.15, 0.2) is 22.7 Å². The third kappa shape index (κ3) is 2.95. The molecule has 0 amide bonds. The topological polar surface area (TPSA) is 15.3 Å². The molecule has 0 saturated heterocycles. The molecule has 3 heteroatoms. The quantitative estimate of drug-likeness (QED) is 0.904. The monoisotopic (exact) mass is 270 g/mol. The fourth-order valence-electron chi connectivity index (χ4n) is 1.54. The van der Waals surface area contributed by atoms with E-state index >= 15 is 0 Å². The molecule has 0 aliphatic carbocycles. The highest BCUT2D eigenvalue weighted by atomic mass is 79.9. The van der Waals surface area contributed by atoms with Crippen molar-refractivity contribution in [2.45, 2.75) is 19.9 Å². The highest BCUT2D eigenvalue weighted by Crippen LogP contribution is 2.28. The molecule has 1 unspecified atom stereocenters. The van der Waals surface area contributed by atoms with Gasteiger partial charge in [-0.05, 0) is 38.6 Å². The molecule has 0 spiro atoms. The minimum Gasteiger partial charge on any atom is -0.375 e. The lowest BCUT2D eigenvalue weighted by molar-refractivity contribution is 0.650. The Morgan fingerprint density at radius 2 is 2.13 bits per heavy atom. The first-order valence-electron chi connectivity index (χ1n) is 5.28. The summed E-state index contributed by atoms with van der Waals surface area (Å²) in [5, 5.41) is 3.28. The Morgan fingerprint density at radius 1 is 1.47 bits per heavy atom. The zero-order valence-corrected chi connectivity index (χ0v) is 11.4. The number of benzene rings is 1. The van der Waals surface area contributed by atoms with Crippen molar-refractivity contribution in [2.75, 3.05) is 25.5 Å². The smallest absolute Gasteiger partial charge is 0.0423 e. The van der Waals surface area contributed by atoms with E-state index in [0.717, 1.165) is 11.0 Å². The number of halogens is 1. The predicted molar refractivity (Wildman–Crippen MR) is 70.6 cm³/mol. The van der Waals surface area contributed by atoms with Crippen molar-refractivity contribution in [3.8, 4) is 0 Å². The van der Waals surface area contributed by atoms with Crippen molar-refractivity contribution >= 4 is 21.6 Å². The summed E-state index contributed by atoms with van der Waals surface area (Å²) in [6.07, 6.45) is 0. The third-order valence-electron chi connectivity index (χ3n) is 2.78. The molecule has 0 aliphatic heterocycles. The maximum Gasteiger partial charge on any atom is 0.0423 e.